The quantitative estimate of drug-likeness (QED) is 0.500. The fourth-order valence-corrected chi connectivity index (χ4v) is 4.16. The van der Waals surface area contributed by atoms with E-state index in [0.717, 1.165) is 5.56 Å². The minimum Gasteiger partial charge on any atom is -0.497 e. The summed E-state index contributed by atoms with van der Waals surface area (Å²) >= 11 is 12.2. The van der Waals surface area contributed by atoms with Crippen molar-refractivity contribution < 1.29 is 37.0 Å². The molecule has 0 aliphatic carbocycles. The second-order valence-corrected chi connectivity index (χ2v) is 8.35. The van der Waals surface area contributed by atoms with E-state index in [0.29, 0.717) is 17.7 Å². The molecule has 3 rings (SSSR count). The van der Waals surface area contributed by atoms with Crippen LogP contribution in [0.2, 0.25) is 10.0 Å². The molecule has 0 spiro atoms. The maximum Gasteiger partial charge on any atom is 0.497 e. The number of hydrogen-bond donors (Lipinski definition) is 0. The molecule has 0 saturated carbocycles. The fraction of sp³-hybridized carbons (Fsp3) is 0.364. The Bertz CT molecular complexity index is 1030. The van der Waals surface area contributed by atoms with Gasteiger partial charge in [-0.15, -0.1) is 4.65 Å². The summed E-state index contributed by atoms with van der Waals surface area (Å²) in [7, 11) is 1.55. The highest BCUT2D eigenvalue weighted by atomic mass is 35.5. The first kappa shape index (κ1) is 25.1. The second-order valence-electron chi connectivity index (χ2n) is 7.54. The highest BCUT2D eigenvalue weighted by Gasteiger charge is 2.58. The topological polar surface area (TPSA) is 55.8 Å². The Kier molecular flexibility index (Phi) is 7.45. The van der Waals surface area contributed by atoms with Crippen LogP contribution in [0.1, 0.15) is 24.2 Å². The van der Waals surface area contributed by atoms with Gasteiger partial charge < -0.3 is 4.74 Å². The van der Waals surface area contributed by atoms with Crippen molar-refractivity contribution in [2.24, 2.45) is 0 Å². The number of hydroxylamine groups is 3. The first-order valence-electron chi connectivity index (χ1n) is 10.1. The van der Waals surface area contributed by atoms with E-state index < -0.39 is 35.4 Å². The number of alkyl halides is 3. The lowest BCUT2D eigenvalue weighted by Crippen LogP contribution is -2.52. The number of methoxy groups -OCH3 is 1. The first-order valence-corrected chi connectivity index (χ1v) is 10.8. The number of carbonyl (C=O) groups is 2. The summed E-state index contributed by atoms with van der Waals surface area (Å²) in [6.45, 7) is 1.22. The number of quaternary nitrogens is 1. The standard InChI is InChI=1S/C22H22Cl2F3N2O4/c1-3-29(33-21(31)22(25,26)27)13-19(30)28(11-10-14-4-7-16(32-2)8-5-14)20(29)15-6-9-17(23)18(24)12-15/h4-9,12,20H,3,10-11,13H2,1-2H3/q+1. The van der Waals surface area contributed by atoms with Crippen LogP contribution in [-0.2, 0) is 20.8 Å². The Balaban J connectivity index is 1.98. The summed E-state index contributed by atoms with van der Waals surface area (Å²) in [6.07, 6.45) is -5.81. The zero-order valence-corrected chi connectivity index (χ0v) is 19.4. The number of nitrogens with zero attached hydrogens (tertiary/aromatic N) is 2. The second kappa shape index (κ2) is 9.79. The van der Waals surface area contributed by atoms with Crippen molar-refractivity contribution in [1.82, 2.24) is 4.90 Å². The predicted octanol–water partition coefficient (Wildman–Crippen LogP) is 4.94. The fourth-order valence-electron chi connectivity index (χ4n) is 3.86. The zero-order valence-electron chi connectivity index (χ0n) is 17.9. The van der Waals surface area contributed by atoms with Crippen molar-refractivity contribution >= 4 is 35.1 Å². The van der Waals surface area contributed by atoms with Gasteiger partial charge in [0.25, 0.3) is 5.91 Å². The molecule has 2 aromatic carbocycles. The Morgan fingerprint density at radius 1 is 1.15 bits per heavy atom. The number of halogens is 5. The average molecular weight is 506 g/mol. The van der Waals surface area contributed by atoms with Crippen LogP contribution < -0.4 is 4.74 Å². The van der Waals surface area contributed by atoms with E-state index in [1.54, 1.807) is 32.2 Å². The molecule has 1 saturated heterocycles. The van der Waals surface area contributed by atoms with Gasteiger partial charge in [0, 0.05) is 12.1 Å². The van der Waals surface area contributed by atoms with E-state index >= 15 is 0 Å². The average Bonchev–Trinajstić information content (AvgIpc) is 3.05. The molecule has 1 aliphatic heterocycles. The van der Waals surface area contributed by atoms with Crippen LogP contribution in [0.3, 0.4) is 0 Å². The van der Waals surface area contributed by atoms with E-state index in [-0.39, 0.29) is 23.1 Å². The summed E-state index contributed by atoms with van der Waals surface area (Å²) in [5.74, 6) is -2.14. The number of hydrogen-bond acceptors (Lipinski definition) is 4. The number of amides is 1. The van der Waals surface area contributed by atoms with E-state index in [1.165, 1.54) is 17.0 Å². The largest absolute Gasteiger partial charge is 0.497 e. The molecule has 6 nitrogen and oxygen atoms in total. The van der Waals surface area contributed by atoms with E-state index in [4.69, 9.17) is 32.8 Å². The summed E-state index contributed by atoms with van der Waals surface area (Å²) < 4.78 is 43.4. The van der Waals surface area contributed by atoms with Crippen LogP contribution in [0.15, 0.2) is 42.5 Å². The lowest BCUT2D eigenvalue weighted by molar-refractivity contribution is -1.11. The van der Waals surface area contributed by atoms with Gasteiger partial charge in [0.15, 0.2) is 6.54 Å². The lowest BCUT2D eigenvalue weighted by Gasteiger charge is -2.36. The molecule has 0 bridgehead atoms. The molecule has 1 amide bonds. The van der Waals surface area contributed by atoms with Crippen molar-refractivity contribution in [2.75, 3.05) is 26.7 Å². The number of ether oxygens (including phenoxy) is 1. The molecule has 1 fully saturated rings. The molecular formula is C22H22Cl2F3N2O4+. The number of carbonyl (C=O) groups excluding carboxylic acids is 2. The first-order chi connectivity index (χ1) is 15.5. The molecule has 178 valence electrons. The molecule has 1 heterocycles. The van der Waals surface area contributed by atoms with Crippen molar-refractivity contribution in [3.8, 4) is 5.75 Å². The third kappa shape index (κ3) is 5.37. The van der Waals surface area contributed by atoms with Gasteiger partial charge in [-0.25, -0.2) is 4.79 Å². The highest BCUT2D eigenvalue weighted by molar-refractivity contribution is 6.42. The highest BCUT2D eigenvalue weighted by Crippen LogP contribution is 2.41. The van der Waals surface area contributed by atoms with Gasteiger partial charge in [-0.1, -0.05) is 35.3 Å². The van der Waals surface area contributed by atoms with Gasteiger partial charge in [-0.3, -0.25) is 14.5 Å². The van der Waals surface area contributed by atoms with E-state index in [2.05, 4.69) is 0 Å². The van der Waals surface area contributed by atoms with E-state index in [9.17, 15) is 22.8 Å². The van der Waals surface area contributed by atoms with Crippen LogP contribution in [0, 0.1) is 0 Å². The van der Waals surface area contributed by atoms with Crippen LogP contribution in [0.25, 0.3) is 0 Å². The monoisotopic (exact) mass is 505 g/mol. The molecular weight excluding hydrogens is 484 g/mol. The molecule has 0 radical (unpaired) electrons. The molecule has 0 N–H and O–H groups in total. The van der Waals surface area contributed by atoms with Gasteiger partial charge in [0.1, 0.15) is 12.3 Å². The van der Waals surface area contributed by atoms with Gasteiger partial charge in [0.05, 0.1) is 17.2 Å². The van der Waals surface area contributed by atoms with Gasteiger partial charge in [-0.05, 0) is 49.2 Å². The van der Waals surface area contributed by atoms with E-state index in [1.807, 2.05) is 12.1 Å². The molecule has 2 unspecified atom stereocenters. The van der Waals surface area contributed by atoms with Gasteiger partial charge in [0.2, 0.25) is 6.17 Å². The molecule has 1 aliphatic rings. The Labute approximate surface area is 198 Å². The maximum absolute atomic E-state index is 13.0. The third-order valence-corrected chi connectivity index (χ3v) is 6.28. The van der Waals surface area contributed by atoms with Crippen LogP contribution in [0.5, 0.6) is 5.75 Å². The summed E-state index contributed by atoms with van der Waals surface area (Å²) in [4.78, 5) is 31.1. The smallest absolute Gasteiger partial charge is 0.497 e. The number of likely N-dealkylation sites (N-methyl/N-ethyl adjacent to an activating group) is 1. The molecule has 0 aromatic heterocycles. The van der Waals surface area contributed by atoms with Crippen LogP contribution >= 0.6 is 23.2 Å². The molecule has 2 aromatic rings. The van der Waals surface area contributed by atoms with Crippen molar-refractivity contribution in [1.29, 1.82) is 0 Å². The van der Waals surface area contributed by atoms with Gasteiger partial charge in [-0.2, -0.15) is 13.2 Å². The zero-order chi connectivity index (χ0) is 24.4. The SMILES string of the molecule is CC[N+]1(OC(=O)C(F)(F)F)CC(=O)N(CCc2ccc(OC)cc2)C1c1ccc(Cl)c(Cl)c1. The minimum atomic E-state index is -5.21. The van der Waals surface area contributed by atoms with Gasteiger partial charge >= 0.3 is 12.1 Å². The Hall–Kier alpha value is -2.49. The molecule has 11 heteroatoms. The normalized spacial score (nSPS) is 20.8. The molecule has 33 heavy (non-hydrogen) atoms. The number of rotatable bonds is 7. The van der Waals surface area contributed by atoms with Crippen molar-refractivity contribution in [2.45, 2.75) is 25.7 Å². The van der Waals surface area contributed by atoms with Crippen LogP contribution in [-0.4, -0.2) is 54.3 Å². The Morgan fingerprint density at radius 3 is 2.36 bits per heavy atom. The summed E-state index contributed by atoms with van der Waals surface area (Å²) in [6, 6.07) is 11.7. The lowest BCUT2D eigenvalue weighted by atomic mass is 10.1. The van der Waals surface area contributed by atoms with Crippen molar-refractivity contribution in [3.05, 3.63) is 63.6 Å². The third-order valence-electron chi connectivity index (χ3n) is 5.54. The Morgan fingerprint density at radius 2 is 1.82 bits per heavy atom. The maximum atomic E-state index is 13.0. The number of benzene rings is 2. The minimum absolute atomic E-state index is 0.0719. The summed E-state index contributed by atoms with van der Waals surface area (Å²) in [5, 5.41) is 0.413. The predicted molar refractivity (Wildman–Crippen MR) is 115 cm³/mol. The molecule has 2 atom stereocenters. The summed E-state index contributed by atoms with van der Waals surface area (Å²) in [5.41, 5.74) is 1.30. The van der Waals surface area contributed by atoms with Crippen molar-refractivity contribution in [3.63, 3.8) is 0 Å². The van der Waals surface area contributed by atoms with Crippen LogP contribution in [0.4, 0.5) is 13.2 Å².